The number of aromatic nitrogens is 2. The van der Waals surface area contributed by atoms with Crippen molar-refractivity contribution in [3.8, 4) is 0 Å². The molecule has 26 heavy (non-hydrogen) atoms. The van der Waals surface area contributed by atoms with Gasteiger partial charge >= 0.3 is 0 Å². The maximum absolute atomic E-state index is 12.4. The van der Waals surface area contributed by atoms with Gasteiger partial charge in [0.2, 0.25) is 5.91 Å². The summed E-state index contributed by atoms with van der Waals surface area (Å²) in [5.74, 6) is 0.241. The first kappa shape index (κ1) is 18.8. The van der Waals surface area contributed by atoms with E-state index in [0.717, 1.165) is 50.3 Å². The van der Waals surface area contributed by atoms with Gasteiger partial charge in [0.1, 0.15) is 6.10 Å². The van der Waals surface area contributed by atoms with Crippen LogP contribution in [0.4, 0.5) is 0 Å². The molecule has 0 bridgehead atoms. The monoisotopic (exact) mass is 360 g/mol. The highest BCUT2D eigenvalue weighted by Crippen LogP contribution is 2.40. The van der Waals surface area contributed by atoms with Gasteiger partial charge in [0.15, 0.2) is 0 Å². The predicted octanol–water partition coefficient (Wildman–Crippen LogP) is 1.55. The van der Waals surface area contributed by atoms with Crippen molar-refractivity contribution in [3.63, 3.8) is 0 Å². The molecule has 2 saturated heterocycles. The Kier molecular flexibility index (Phi) is 5.55. The summed E-state index contributed by atoms with van der Waals surface area (Å²) in [6, 6.07) is 0. The summed E-state index contributed by atoms with van der Waals surface area (Å²) in [5, 5.41) is 0. The molecule has 0 aliphatic carbocycles. The van der Waals surface area contributed by atoms with Crippen molar-refractivity contribution in [1.29, 1.82) is 0 Å². The van der Waals surface area contributed by atoms with Gasteiger partial charge in [-0.25, -0.2) is 0 Å². The van der Waals surface area contributed by atoms with E-state index in [9.17, 15) is 9.59 Å². The van der Waals surface area contributed by atoms with E-state index in [1.165, 1.54) is 0 Å². The highest BCUT2D eigenvalue weighted by Gasteiger charge is 2.42. The number of likely N-dealkylation sites (tertiary alicyclic amines) is 2. The third-order valence-electron chi connectivity index (χ3n) is 5.77. The molecule has 7 heteroatoms. The fourth-order valence-corrected chi connectivity index (χ4v) is 3.91. The van der Waals surface area contributed by atoms with Crippen LogP contribution in [0, 0.1) is 12.3 Å². The largest absolute Gasteiger partial charge is 0.372 e. The molecule has 0 saturated carbocycles. The van der Waals surface area contributed by atoms with Crippen LogP contribution in [-0.2, 0) is 20.9 Å². The maximum Gasteiger partial charge on any atom is 0.251 e. The number of ether oxygens (including phenoxy) is 1. The van der Waals surface area contributed by atoms with Crippen molar-refractivity contribution in [1.82, 2.24) is 19.8 Å². The van der Waals surface area contributed by atoms with Gasteiger partial charge in [-0.1, -0.05) is 0 Å². The number of hydrogen-bond acceptors (Lipinski definition) is 5. The number of amides is 2. The molecule has 0 radical (unpaired) electrons. The molecule has 3 rings (SSSR count). The highest BCUT2D eigenvalue weighted by atomic mass is 16.5. The van der Waals surface area contributed by atoms with Crippen molar-refractivity contribution in [2.75, 3.05) is 26.7 Å². The Morgan fingerprint density at radius 2 is 2.00 bits per heavy atom. The van der Waals surface area contributed by atoms with E-state index in [-0.39, 0.29) is 17.2 Å². The lowest BCUT2D eigenvalue weighted by atomic mass is 9.72. The quantitative estimate of drug-likeness (QED) is 0.814. The normalized spacial score (nSPS) is 21.1. The van der Waals surface area contributed by atoms with E-state index in [4.69, 9.17) is 4.74 Å². The number of carbonyl (C=O) groups is 2. The second-order valence-corrected chi connectivity index (χ2v) is 7.60. The molecule has 2 amide bonds. The molecule has 1 aromatic rings. The second kappa shape index (κ2) is 7.70. The van der Waals surface area contributed by atoms with Crippen LogP contribution in [0.15, 0.2) is 12.4 Å². The molecule has 3 heterocycles. The van der Waals surface area contributed by atoms with E-state index in [1.54, 1.807) is 26.4 Å². The molecule has 0 aromatic carbocycles. The zero-order valence-corrected chi connectivity index (χ0v) is 15.9. The Balaban J connectivity index is 1.62. The van der Waals surface area contributed by atoms with Crippen molar-refractivity contribution < 1.29 is 14.3 Å². The van der Waals surface area contributed by atoms with Crippen LogP contribution in [0.3, 0.4) is 0 Å². The van der Waals surface area contributed by atoms with Gasteiger partial charge < -0.3 is 14.5 Å². The molecule has 2 fully saturated rings. The number of hydrogen-bond donors (Lipinski definition) is 0. The van der Waals surface area contributed by atoms with Gasteiger partial charge in [-0.2, -0.15) is 0 Å². The first-order valence-corrected chi connectivity index (χ1v) is 9.29. The first-order valence-electron chi connectivity index (χ1n) is 9.29. The van der Waals surface area contributed by atoms with E-state index < -0.39 is 6.10 Å². The summed E-state index contributed by atoms with van der Waals surface area (Å²) in [6.45, 7) is 6.41. The summed E-state index contributed by atoms with van der Waals surface area (Å²) in [6.07, 6.45) is 6.43. The van der Waals surface area contributed by atoms with Crippen LogP contribution in [0.1, 0.15) is 44.0 Å². The van der Waals surface area contributed by atoms with Gasteiger partial charge in [0.25, 0.3) is 5.91 Å². The molecular weight excluding hydrogens is 332 g/mol. The van der Waals surface area contributed by atoms with Crippen molar-refractivity contribution in [2.24, 2.45) is 5.41 Å². The van der Waals surface area contributed by atoms with Gasteiger partial charge in [0.05, 0.1) is 24.1 Å². The molecule has 0 unspecified atom stereocenters. The average molecular weight is 360 g/mol. The third-order valence-corrected chi connectivity index (χ3v) is 5.77. The molecular formula is C19H28N4O3. The number of carbonyl (C=O) groups excluding carboxylic acids is 2. The van der Waals surface area contributed by atoms with Gasteiger partial charge in [-0.3, -0.25) is 19.6 Å². The van der Waals surface area contributed by atoms with Crippen LogP contribution >= 0.6 is 0 Å². The number of methoxy groups -OCH3 is 1. The molecule has 1 spiro atoms. The topological polar surface area (TPSA) is 75.6 Å². The number of aryl methyl sites for hydroxylation is 1. The summed E-state index contributed by atoms with van der Waals surface area (Å²) >= 11 is 0. The smallest absolute Gasteiger partial charge is 0.251 e. The molecule has 1 aromatic heterocycles. The van der Waals surface area contributed by atoms with Crippen LogP contribution in [-0.4, -0.2) is 64.4 Å². The first-order chi connectivity index (χ1) is 12.4. The van der Waals surface area contributed by atoms with E-state index in [1.807, 2.05) is 16.7 Å². The van der Waals surface area contributed by atoms with Crippen molar-refractivity contribution in [2.45, 2.75) is 52.2 Å². The highest BCUT2D eigenvalue weighted by molar-refractivity contribution is 5.80. The zero-order chi connectivity index (χ0) is 18.7. The minimum Gasteiger partial charge on any atom is -0.372 e. The predicted molar refractivity (Wildman–Crippen MR) is 96.1 cm³/mol. The van der Waals surface area contributed by atoms with Crippen LogP contribution in [0.5, 0.6) is 0 Å². The summed E-state index contributed by atoms with van der Waals surface area (Å²) in [4.78, 5) is 37.2. The lowest BCUT2D eigenvalue weighted by Gasteiger charge is -2.47. The maximum atomic E-state index is 12.4. The molecule has 7 nitrogen and oxygen atoms in total. The molecule has 2 aliphatic rings. The number of nitrogens with zero attached hydrogens (tertiary/aromatic N) is 4. The number of piperidine rings is 2. The molecule has 2 aliphatic heterocycles. The average Bonchev–Trinajstić information content (AvgIpc) is 2.66. The van der Waals surface area contributed by atoms with E-state index >= 15 is 0 Å². The Labute approximate surface area is 154 Å². The third kappa shape index (κ3) is 4.03. The van der Waals surface area contributed by atoms with Gasteiger partial charge in [-0.15, -0.1) is 0 Å². The minimum absolute atomic E-state index is 0.0565. The van der Waals surface area contributed by atoms with Gasteiger partial charge in [-0.05, 0) is 38.5 Å². The minimum atomic E-state index is -0.395. The molecule has 142 valence electrons. The van der Waals surface area contributed by atoms with Crippen molar-refractivity contribution >= 4 is 11.8 Å². The van der Waals surface area contributed by atoms with Crippen molar-refractivity contribution in [3.05, 3.63) is 23.8 Å². The fraction of sp³-hybridized carbons (Fsp3) is 0.684. The Morgan fingerprint density at radius 3 is 2.62 bits per heavy atom. The van der Waals surface area contributed by atoms with Crippen LogP contribution in [0.25, 0.3) is 0 Å². The Hall–Kier alpha value is -2.02. The standard InChI is InChI=1S/C19H28N4O3/c1-14-10-21-16(11-20-14)12-23-13-19(5-4-17(23)24)6-8-22(9-7-19)18(25)15(2)26-3/h10-11,15H,4-9,12-13H2,1-3H3/t15-/m0/s1. The molecule has 1 atom stereocenters. The fourth-order valence-electron chi connectivity index (χ4n) is 3.91. The van der Waals surface area contributed by atoms with Crippen LogP contribution < -0.4 is 0 Å². The summed E-state index contributed by atoms with van der Waals surface area (Å²) < 4.78 is 5.15. The van der Waals surface area contributed by atoms with E-state index in [0.29, 0.717) is 13.0 Å². The SMILES string of the molecule is CO[C@@H](C)C(=O)N1CCC2(CCC(=O)N(Cc3cnc(C)cn3)C2)CC1. The van der Waals surface area contributed by atoms with Gasteiger partial charge in [0, 0.05) is 39.4 Å². The Morgan fingerprint density at radius 1 is 1.27 bits per heavy atom. The lowest BCUT2D eigenvalue weighted by Crippen LogP contribution is -2.53. The molecule has 0 N–H and O–H groups in total. The van der Waals surface area contributed by atoms with Crippen LogP contribution in [0.2, 0.25) is 0 Å². The number of rotatable bonds is 4. The Bertz CT molecular complexity index is 653. The summed E-state index contributed by atoms with van der Waals surface area (Å²) in [5.41, 5.74) is 1.80. The summed E-state index contributed by atoms with van der Waals surface area (Å²) in [7, 11) is 1.56. The lowest BCUT2D eigenvalue weighted by molar-refractivity contribution is -0.147. The van der Waals surface area contributed by atoms with E-state index in [2.05, 4.69) is 9.97 Å². The zero-order valence-electron chi connectivity index (χ0n) is 15.9. The second-order valence-electron chi connectivity index (χ2n) is 7.60.